The Morgan fingerprint density at radius 3 is 2.92 bits per heavy atom. The highest BCUT2D eigenvalue weighted by Crippen LogP contribution is 2.33. The third-order valence-electron chi connectivity index (χ3n) is 4.80. The number of carbonyl (C=O) groups excluding carboxylic acids is 2. The van der Waals surface area contributed by atoms with Gasteiger partial charge in [-0.2, -0.15) is 0 Å². The number of thioether (sulfide) groups is 1. The van der Waals surface area contributed by atoms with Crippen LogP contribution in [0.4, 0.5) is 11.4 Å². The number of rotatable bonds is 5. The standard InChI is InChI=1S/C18H24N4O2S/c1-21(2)14-5-6-22(9-14)15-4-3-13(19)7-12(15)8-17-18(16(24)10-23)20-11-25-17/h3-4,7-8,10,14,18,20H,5-6,9,11,19H2,1-2H3/b17-8-. The number of hydrogen-bond donors (Lipinski definition) is 2. The smallest absolute Gasteiger partial charge is 0.217 e. The lowest BCUT2D eigenvalue weighted by Gasteiger charge is -2.24. The van der Waals surface area contributed by atoms with Crippen LogP contribution in [0, 0.1) is 0 Å². The van der Waals surface area contributed by atoms with Gasteiger partial charge in [-0.15, -0.1) is 11.8 Å². The summed E-state index contributed by atoms with van der Waals surface area (Å²) in [7, 11) is 4.22. The fourth-order valence-electron chi connectivity index (χ4n) is 3.34. The monoisotopic (exact) mass is 360 g/mol. The van der Waals surface area contributed by atoms with Gasteiger partial charge in [0.1, 0.15) is 6.04 Å². The van der Waals surface area contributed by atoms with Gasteiger partial charge < -0.3 is 15.5 Å². The third kappa shape index (κ3) is 3.89. The molecule has 6 nitrogen and oxygen atoms in total. The lowest BCUT2D eigenvalue weighted by atomic mass is 10.1. The average Bonchev–Trinajstić information content (AvgIpc) is 3.24. The number of likely N-dealkylation sites (N-methyl/N-ethyl adjacent to an activating group) is 1. The first-order chi connectivity index (χ1) is 12.0. The minimum atomic E-state index is -0.537. The van der Waals surface area contributed by atoms with E-state index in [0.29, 0.717) is 23.9 Å². The number of aldehydes is 1. The summed E-state index contributed by atoms with van der Waals surface area (Å²) in [6.45, 7) is 1.96. The molecule has 0 saturated carbocycles. The molecule has 0 amide bonds. The van der Waals surface area contributed by atoms with E-state index in [4.69, 9.17) is 5.73 Å². The second kappa shape index (κ2) is 7.59. The number of nitrogens with one attached hydrogen (secondary N) is 1. The number of nitrogens with zero attached hydrogens (tertiary/aromatic N) is 2. The predicted octanol–water partition coefficient (Wildman–Crippen LogP) is 1.18. The Hall–Kier alpha value is -1.83. The van der Waals surface area contributed by atoms with E-state index in [1.807, 2.05) is 24.3 Å². The van der Waals surface area contributed by atoms with Crippen LogP contribution >= 0.6 is 11.8 Å². The Morgan fingerprint density at radius 1 is 1.44 bits per heavy atom. The van der Waals surface area contributed by atoms with Crippen LogP contribution in [0.2, 0.25) is 0 Å². The van der Waals surface area contributed by atoms with Crippen molar-refractivity contribution in [3.8, 4) is 0 Å². The van der Waals surface area contributed by atoms with Crippen molar-refractivity contribution in [2.24, 2.45) is 0 Å². The zero-order chi connectivity index (χ0) is 18.0. The number of ketones is 1. The molecule has 0 aromatic heterocycles. The molecule has 2 aliphatic rings. The number of nitrogens with two attached hydrogens (primary N) is 1. The molecule has 2 saturated heterocycles. The first-order valence-electron chi connectivity index (χ1n) is 8.37. The van der Waals surface area contributed by atoms with Crippen molar-refractivity contribution in [3.05, 3.63) is 28.7 Å². The van der Waals surface area contributed by atoms with Gasteiger partial charge >= 0.3 is 0 Å². The van der Waals surface area contributed by atoms with Gasteiger partial charge in [0.05, 0.1) is 0 Å². The second-order valence-corrected chi connectivity index (χ2v) is 7.71. The molecule has 25 heavy (non-hydrogen) atoms. The van der Waals surface area contributed by atoms with Crippen LogP contribution in [-0.4, -0.2) is 62.1 Å². The van der Waals surface area contributed by atoms with Crippen LogP contribution in [-0.2, 0) is 9.59 Å². The zero-order valence-corrected chi connectivity index (χ0v) is 15.4. The lowest BCUT2D eigenvalue weighted by Crippen LogP contribution is -2.32. The maximum Gasteiger partial charge on any atom is 0.217 e. The van der Waals surface area contributed by atoms with Crippen LogP contribution < -0.4 is 16.0 Å². The van der Waals surface area contributed by atoms with E-state index in [2.05, 4.69) is 29.2 Å². The molecular weight excluding hydrogens is 336 g/mol. The molecule has 2 unspecified atom stereocenters. The zero-order valence-electron chi connectivity index (χ0n) is 14.6. The SMILES string of the molecule is CN(C)C1CCN(c2ccc(N)cc2/C=C2\SCNC2C(=O)C=O)C1. The Kier molecular flexibility index (Phi) is 5.46. The van der Waals surface area contributed by atoms with Crippen LogP contribution in [0.1, 0.15) is 12.0 Å². The number of anilines is 2. The summed E-state index contributed by atoms with van der Waals surface area (Å²) in [5, 5.41) is 3.07. The van der Waals surface area contributed by atoms with Gasteiger partial charge in [-0.1, -0.05) is 0 Å². The molecule has 3 rings (SSSR count). The quantitative estimate of drug-likeness (QED) is 0.464. The molecule has 2 atom stereocenters. The molecule has 134 valence electrons. The van der Waals surface area contributed by atoms with Crippen LogP contribution in [0.25, 0.3) is 6.08 Å². The van der Waals surface area contributed by atoms with Gasteiger partial charge in [-0.25, -0.2) is 0 Å². The first kappa shape index (κ1) is 18.0. The van der Waals surface area contributed by atoms with Crippen molar-refractivity contribution in [1.82, 2.24) is 10.2 Å². The van der Waals surface area contributed by atoms with Crippen molar-refractivity contribution >= 4 is 41.3 Å². The maximum absolute atomic E-state index is 11.8. The molecule has 0 radical (unpaired) electrons. The summed E-state index contributed by atoms with van der Waals surface area (Å²) < 4.78 is 0. The molecular formula is C18H24N4O2S. The van der Waals surface area contributed by atoms with Gasteiger partial charge in [0.2, 0.25) is 5.78 Å². The number of Topliss-reactive ketones (excluding diaryl/α,β-unsaturated/α-hetero) is 1. The summed E-state index contributed by atoms with van der Waals surface area (Å²) in [5.41, 5.74) is 8.80. The summed E-state index contributed by atoms with van der Waals surface area (Å²) in [6.07, 6.45) is 3.50. The molecule has 1 aromatic rings. The summed E-state index contributed by atoms with van der Waals surface area (Å²) in [6, 6.07) is 5.89. The highest BCUT2D eigenvalue weighted by molar-refractivity contribution is 8.03. The number of benzene rings is 1. The fourth-order valence-corrected chi connectivity index (χ4v) is 4.33. The molecule has 2 fully saturated rings. The molecule has 0 bridgehead atoms. The molecule has 1 aromatic carbocycles. The van der Waals surface area contributed by atoms with Crippen LogP contribution in [0.5, 0.6) is 0 Å². The highest BCUT2D eigenvalue weighted by Gasteiger charge is 2.29. The van der Waals surface area contributed by atoms with Crippen molar-refractivity contribution < 1.29 is 9.59 Å². The average molecular weight is 360 g/mol. The maximum atomic E-state index is 11.8. The van der Waals surface area contributed by atoms with E-state index in [9.17, 15) is 9.59 Å². The van der Waals surface area contributed by atoms with Crippen molar-refractivity contribution in [2.75, 3.05) is 43.7 Å². The predicted molar refractivity (Wildman–Crippen MR) is 104 cm³/mol. The van der Waals surface area contributed by atoms with E-state index in [1.54, 1.807) is 11.8 Å². The Morgan fingerprint density at radius 2 is 2.24 bits per heavy atom. The largest absolute Gasteiger partial charge is 0.399 e. The summed E-state index contributed by atoms with van der Waals surface area (Å²) >= 11 is 1.55. The molecule has 3 N–H and O–H groups in total. The normalized spacial score (nSPS) is 25.1. The van der Waals surface area contributed by atoms with Gasteiger partial charge in [0.15, 0.2) is 6.29 Å². The minimum Gasteiger partial charge on any atom is -0.399 e. The van der Waals surface area contributed by atoms with Crippen molar-refractivity contribution in [3.63, 3.8) is 0 Å². The van der Waals surface area contributed by atoms with Crippen LogP contribution in [0.15, 0.2) is 23.1 Å². The molecule has 0 spiro atoms. The molecule has 7 heteroatoms. The second-order valence-electron chi connectivity index (χ2n) is 6.66. The molecule has 2 heterocycles. The molecule has 0 aliphatic carbocycles. The van der Waals surface area contributed by atoms with Crippen LogP contribution in [0.3, 0.4) is 0 Å². The minimum absolute atomic E-state index is 0.389. The van der Waals surface area contributed by atoms with Gasteiger partial charge in [-0.3, -0.25) is 14.9 Å². The topological polar surface area (TPSA) is 78.7 Å². The Labute approximate surface area is 152 Å². The number of nitrogen functional groups attached to an aromatic ring is 1. The van der Waals surface area contributed by atoms with Crippen molar-refractivity contribution in [2.45, 2.75) is 18.5 Å². The fraction of sp³-hybridized carbons (Fsp3) is 0.444. The lowest BCUT2D eigenvalue weighted by molar-refractivity contribution is -0.130. The third-order valence-corrected chi connectivity index (χ3v) is 5.79. The van der Waals surface area contributed by atoms with Crippen molar-refractivity contribution in [1.29, 1.82) is 0 Å². The summed E-state index contributed by atoms with van der Waals surface area (Å²) in [4.78, 5) is 28.2. The van der Waals surface area contributed by atoms with Gasteiger partial charge in [0.25, 0.3) is 0 Å². The molecule has 2 aliphatic heterocycles. The van der Waals surface area contributed by atoms with E-state index in [0.717, 1.165) is 35.7 Å². The first-order valence-corrected chi connectivity index (χ1v) is 9.36. The summed E-state index contributed by atoms with van der Waals surface area (Å²) in [5.74, 6) is 0.190. The number of hydrogen-bond acceptors (Lipinski definition) is 7. The van der Waals surface area contributed by atoms with E-state index in [1.165, 1.54) is 0 Å². The highest BCUT2D eigenvalue weighted by atomic mass is 32.2. The van der Waals surface area contributed by atoms with E-state index in [-0.39, 0.29) is 0 Å². The van der Waals surface area contributed by atoms with Gasteiger partial charge in [0, 0.05) is 46.9 Å². The Bertz CT molecular complexity index is 704. The Balaban J connectivity index is 1.91. The van der Waals surface area contributed by atoms with E-state index < -0.39 is 11.8 Å². The van der Waals surface area contributed by atoms with Gasteiger partial charge in [-0.05, 0) is 44.8 Å². The van der Waals surface area contributed by atoms with E-state index >= 15 is 0 Å². The number of carbonyl (C=O) groups is 2.